The zero-order valence-electron chi connectivity index (χ0n) is 13.7. The number of amides is 1. The lowest BCUT2D eigenvalue weighted by atomic mass is 10.1. The van der Waals surface area contributed by atoms with Crippen molar-refractivity contribution < 1.29 is 22.4 Å². The third-order valence-corrected chi connectivity index (χ3v) is 3.97. The zero-order chi connectivity index (χ0) is 18.5. The van der Waals surface area contributed by atoms with Gasteiger partial charge in [-0.05, 0) is 24.8 Å². The van der Waals surface area contributed by atoms with Gasteiger partial charge in [-0.15, -0.1) is 0 Å². The van der Waals surface area contributed by atoms with Crippen LogP contribution in [-0.2, 0) is 4.79 Å². The number of carbonyl (C=O) groups is 1. The topological polar surface area (TPSA) is 55.1 Å². The lowest BCUT2D eigenvalue weighted by molar-refractivity contribution is -0.818. The fraction of sp³-hybridized carbons (Fsp3) is 0.438. The second-order valence-electron chi connectivity index (χ2n) is 6.09. The van der Waals surface area contributed by atoms with Crippen molar-refractivity contribution in [1.82, 2.24) is 5.32 Å². The number of nitrogens with one attached hydrogen (secondary N) is 1. The van der Waals surface area contributed by atoms with E-state index in [9.17, 15) is 18.0 Å². The first-order valence-corrected chi connectivity index (χ1v) is 7.71. The fourth-order valence-electron chi connectivity index (χ4n) is 2.15. The summed E-state index contributed by atoms with van der Waals surface area (Å²) < 4.78 is 36.5. The number of halogens is 4. The molecule has 0 aromatic heterocycles. The van der Waals surface area contributed by atoms with Gasteiger partial charge < -0.3 is 11.1 Å². The van der Waals surface area contributed by atoms with Crippen LogP contribution in [0, 0.1) is 0 Å². The van der Waals surface area contributed by atoms with Crippen molar-refractivity contribution in [3.63, 3.8) is 0 Å². The van der Waals surface area contributed by atoms with Crippen molar-refractivity contribution in [2.75, 3.05) is 32.9 Å². The van der Waals surface area contributed by atoms with Crippen LogP contribution >= 0.6 is 11.6 Å². The van der Waals surface area contributed by atoms with E-state index in [2.05, 4.69) is 6.58 Å². The van der Waals surface area contributed by atoms with E-state index < -0.39 is 18.6 Å². The van der Waals surface area contributed by atoms with Gasteiger partial charge in [0.1, 0.15) is 12.2 Å². The molecular weight excluding hydrogens is 343 g/mol. The minimum Gasteiger partial charge on any atom is -0.399 e. The average Bonchev–Trinajstić information content (AvgIpc) is 2.46. The van der Waals surface area contributed by atoms with Gasteiger partial charge in [0, 0.05) is 18.5 Å². The van der Waals surface area contributed by atoms with E-state index in [1.54, 1.807) is 18.2 Å². The predicted molar refractivity (Wildman–Crippen MR) is 90.2 cm³/mol. The molecule has 4 nitrogen and oxygen atoms in total. The lowest BCUT2D eigenvalue weighted by Crippen LogP contribution is -2.39. The first kappa shape index (κ1) is 20.3. The molecule has 1 amide bonds. The van der Waals surface area contributed by atoms with Crippen LogP contribution < -0.4 is 11.1 Å². The van der Waals surface area contributed by atoms with E-state index in [1.807, 2.05) is 19.4 Å². The summed E-state index contributed by atoms with van der Waals surface area (Å²) in [5.41, 5.74) is 7.75. The van der Waals surface area contributed by atoms with Crippen LogP contribution in [0.15, 0.2) is 24.8 Å². The number of nitrogen functional groups attached to an aromatic ring is 1. The maximum absolute atomic E-state index is 12.0. The Balaban J connectivity index is 2.58. The molecular formula is C16H22ClF3N3O+. The number of nitrogens with zero attached hydrogens (tertiary/aromatic N) is 1. The maximum Gasteiger partial charge on any atom is 0.405 e. The molecule has 1 rings (SSSR count). The number of hydrogen-bond acceptors (Lipinski definition) is 2. The molecule has 0 aliphatic heterocycles. The number of anilines is 1. The van der Waals surface area contributed by atoms with Crippen LogP contribution in [0.25, 0.3) is 5.70 Å². The van der Waals surface area contributed by atoms with E-state index >= 15 is 0 Å². The van der Waals surface area contributed by atoms with E-state index in [-0.39, 0.29) is 6.42 Å². The molecule has 0 fully saturated rings. The van der Waals surface area contributed by atoms with E-state index in [4.69, 9.17) is 17.3 Å². The molecule has 0 aliphatic rings. The van der Waals surface area contributed by atoms with Crippen LogP contribution in [-0.4, -0.2) is 43.8 Å². The number of hydrogen-bond donors (Lipinski definition) is 2. The lowest BCUT2D eigenvalue weighted by Gasteiger charge is -2.31. The summed E-state index contributed by atoms with van der Waals surface area (Å²) in [5, 5.41) is 2.37. The number of nitrogens with two attached hydrogens (primary N) is 1. The molecule has 0 saturated heterocycles. The molecule has 0 aliphatic carbocycles. The molecule has 0 unspecified atom stereocenters. The Kier molecular flexibility index (Phi) is 6.68. The Hall–Kier alpha value is -1.73. The zero-order valence-corrected chi connectivity index (χ0v) is 14.5. The maximum atomic E-state index is 12.0. The largest absolute Gasteiger partial charge is 0.405 e. The van der Waals surface area contributed by atoms with Gasteiger partial charge in [0.25, 0.3) is 0 Å². The Bertz CT molecular complexity index is 615. The molecule has 3 N–H and O–H groups in total. The molecule has 0 saturated carbocycles. The molecule has 0 spiro atoms. The highest BCUT2D eigenvalue weighted by Crippen LogP contribution is 2.30. The van der Waals surface area contributed by atoms with Gasteiger partial charge in [-0.2, -0.15) is 13.2 Å². The van der Waals surface area contributed by atoms with Crippen LogP contribution in [0.3, 0.4) is 0 Å². The summed E-state index contributed by atoms with van der Waals surface area (Å²) >= 11 is 6.17. The van der Waals surface area contributed by atoms with E-state index in [0.29, 0.717) is 39.4 Å². The molecule has 134 valence electrons. The number of carbonyl (C=O) groups excluding carboxylic acids is 1. The highest BCUT2D eigenvalue weighted by molar-refractivity contribution is 6.32. The molecule has 0 atom stereocenters. The normalized spacial score (nSPS) is 12.1. The highest BCUT2D eigenvalue weighted by atomic mass is 35.5. The van der Waals surface area contributed by atoms with Crippen LogP contribution in [0.2, 0.25) is 5.02 Å². The van der Waals surface area contributed by atoms with Gasteiger partial charge in [0.05, 0.1) is 31.2 Å². The summed E-state index contributed by atoms with van der Waals surface area (Å²) in [4.78, 5) is 11.4. The predicted octanol–water partition coefficient (Wildman–Crippen LogP) is 3.43. The Labute approximate surface area is 144 Å². The van der Waals surface area contributed by atoms with Crippen LogP contribution in [0.1, 0.15) is 18.4 Å². The summed E-state index contributed by atoms with van der Waals surface area (Å²) in [6.07, 6.45) is -3.98. The number of benzene rings is 1. The molecule has 8 heteroatoms. The third kappa shape index (κ3) is 6.41. The second-order valence-corrected chi connectivity index (χ2v) is 6.50. The van der Waals surface area contributed by atoms with Crippen LogP contribution in [0.5, 0.6) is 0 Å². The Morgan fingerprint density at radius 3 is 2.58 bits per heavy atom. The molecule has 0 radical (unpaired) electrons. The average molecular weight is 365 g/mol. The summed E-state index contributed by atoms with van der Waals surface area (Å²) in [7, 11) is 3.77. The summed E-state index contributed by atoms with van der Waals surface area (Å²) in [6.45, 7) is 3.26. The van der Waals surface area contributed by atoms with Gasteiger partial charge in [-0.25, -0.2) is 0 Å². The van der Waals surface area contributed by atoms with E-state index in [0.717, 1.165) is 0 Å². The number of alkyl halides is 3. The SMILES string of the molecule is C=C(c1cc(N)ccc1Cl)[N+](C)(C)CCCC(=O)NCC(F)(F)F. The minimum absolute atomic E-state index is 0.00962. The quantitative estimate of drug-likeness (QED) is 0.575. The van der Waals surface area contributed by atoms with Gasteiger partial charge in [-0.3, -0.25) is 9.28 Å². The summed E-state index contributed by atoms with van der Waals surface area (Å²) in [5.74, 6) is -0.625. The molecule has 1 aromatic carbocycles. The fourth-order valence-corrected chi connectivity index (χ4v) is 2.37. The standard InChI is InChI=1S/C16H21ClF3N3O/c1-11(13-9-12(21)6-7-14(13)17)23(2,3)8-4-5-15(24)22-10-16(18,19)20/h6-7,9H,1,4-5,8,10,21H2,2-3H3/p+1. The smallest absolute Gasteiger partial charge is 0.399 e. The van der Waals surface area contributed by atoms with Crippen molar-refractivity contribution in [3.05, 3.63) is 35.4 Å². The van der Waals surface area contributed by atoms with Crippen molar-refractivity contribution in [2.24, 2.45) is 0 Å². The van der Waals surface area contributed by atoms with Crippen molar-refractivity contribution in [2.45, 2.75) is 19.0 Å². The van der Waals surface area contributed by atoms with Crippen molar-refractivity contribution >= 4 is 28.9 Å². The number of rotatable bonds is 7. The summed E-state index contributed by atoms with van der Waals surface area (Å²) in [6, 6.07) is 5.09. The van der Waals surface area contributed by atoms with Crippen LogP contribution in [0.4, 0.5) is 18.9 Å². The van der Waals surface area contributed by atoms with Crippen molar-refractivity contribution in [3.8, 4) is 0 Å². The molecule has 1 aromatic rings. The first-order chi connectivity index (χ1) is 10.9. The third-order valence-electron chi connectivity index (χ3n) is 3.64. The number of quaternary nitrogens is 1. The van der Waals surface area contributed by atoms with E-state index in [1.165, 1.54) is 0 Å². The molecule has 0 bridgehead atoms. The minimum atomic E-state index is -4.40. The highest BCUT2D eigenvalue weighted by Gasteiger charge is 2.28. The monoisotopic (exact) mass is 364 g/mol. The van der Waals surface area contributed by atoms with Gasteiger partial charge in [-0.1, -0.05) is 11.6 Å². The molecule has 0 heterocycles. The van der Waals surface area contributed by atoms with Crippen molar-refractivity contribution in [1.29, 1.82) is 0 Å². The van der Waals surface area contributed by atoms with Gasteiger partial charge in [0.2, 0.25) is 5.91 Å². The molecule has 24 heavy (non-hydrogen) atoms. The Morgan fingerprint density at radius 2 is 2.00 bits per heavy atom. The first-order valence-electron chi connectivity index (χ1n) is 7.34. The van der Waals surface area contributed by atoms with Gasteiger partial charge in [0.15, 0.2) is 0 Å². The second kappa shape index (κ2) is 7.90. The Morgan fingerprint density at radius 1 is 1.38 bits per heavy atom. The van der Waals surface area contributed by atoms with Gasteiger partial charge >= 0.3 is 6.18 Å².